The number of ketones is 1. The van der Waals surface area contributed by atoms with Crippen LogP contribution in [0.25, 0.3) is 0 Å². The van der Waals surface area contributed by atoms with Crippen molar-refractivity contribution in [3.8, 4) is 0 Å². The van der Waals surface area contributed by atoms with Crippen molar-refractivity contribution in [1.82, 2.24) is 19.7 Å². The van der Waals surface area contributed by atoms with Gasteiger partial charge in [-0.3, -0.25) is 8.98 Å². The van der Waals surface area contributed by atoms with Crippen molar-refractivity contribution < 1.29 is 27.2 Å². The van der Waals surface area contributed by atoms with Crippen LogP contribution < -0.4 is 10.0 Å². The Bertz CT molecular complexity index is 1420. The van der Waals surface area contributed by atoms with Crippen LogP contribution in [0.5, 0.6) is 0 Å². The number of nitrogens with zero attached hydrogens (tertiary/aromatic N) is 3. The second-order valence-corrected chi connectivity index (χ2v) is 13.0. The van der Waals surface area contributed by atoms with Crippen LogP contribution >= 0.6 is 22.7 Å². The van der Waals surface area contributed by atoms with Gasteiger partial charge in [0, 0.05) is 36.1 Å². The molecule has 5 rings (SSSR count). The number of aryl methyl sites for hydroxylation is 2. The van der Waals surface area contributed by atoms with Crippen molar-refractivity contribution in [3.05, 3.63) is 55.1 Å². The Morgan fingerprint density at radius 3 is 2.86 bits per heavy atom. The van der Waals surface area contributed by atoms with Crippen LogP contribution in [-0.2, 0) is 25.6 Å². The molecule has 0 radical (unpaired) electrons. The van der Waals surface area contributed by atoms with E-state index in [4.69, 9.17) is 8.92 Å². The highest BCUT2D eigenvalue weighted by molar-refractivity contribution is 7.84. The molecule has 2 aliphatic rings. The highest BCUT2D eigenvalue weighted by Gasteiger charge is 2.37. The van der Waals surface area contributed by atoms with E-state index in [-0.39, 0.29) is 36.3 Å². The van der Waals surface area contributed by atoms with Gasteiger partial charge in [-0.2, -0.15) is 13.1 Å². The zero-order chi connectivity index (χ0) is 26.3. The van der Waals surface area contributed by atoms with E-state index in [2.05, 4.69) is 25.0 Å². The number of hydrogen-bond donors (Lipinski definition) is 3. The molecular formula is C23H27N5O6S3. The molecule has 0 spiro atoms. The summed E-state index contributed by atoms with van der Waals surface area (Å²) in [5, 5.41) is 14.5. The molecule has 4 heterocycles. The Morgan fingerprint density at radius 2 is 2.08 bits per heavy atom. The first-order chi connectivity index (χ1) is 17.6. The van der Waals surface area contributed by atoms with Gasteiger partial charge < -0.3 is 15.2 Å². The van der Waals surface area contributed by atoms with Crippen LogP contribution in [0.3, 0.4) is 0 Å². The molecular weight excluding hydrogens is 538 g/mol. The summed E-state index contributed by atoms with van der Waals surface area (Å²) in [6.07, 6.45) is 1.89. The summed E-state index contributed by atoms with van der Waals surface area (Å²) in [4.78, 5) is 29.1. The van der Waals surface area contributed by atoms with Crippen molar-refractivity contribution in [2.45, 2.75) is 57.5 Å². The van der Waals surface area contributed by atoms with Gasteiger partial charge in [0.1, 0.15) is 24.4 Å². The molecule has 11 nitrogen and oxygen atoms in total. The molecule has 0 amide bonds. The second-order valence-electron chi connectivity index (χ2n) is 8.95. The molecule has 3 N–H and O–H groups in total. The molecule has 198 valence electrons. The van der Waals surface area contributed by atoms with E-state index < -0.39 is 22.5 Å². The lowest BCUT2D eigenvalue weighted by Crippen LogP contribution is -2.31. The third kappa shape index (κ3) is 5.46. The number of fused-ring (bicyclic) bond motifs is 1. The molecule has 0 saturated heterocycles. The molecule has 4 atom stereocenters. The summed E-state index contributed by atoms with van der Waals surface area (Å²) >= 11 is 3.01. The fourth-order valence-corrected chi connectivity index (χ4v) is 7.34. The average Bonchev–Trinajstić information content (AvgIpc) is 3.54. The molecule has 3 aromatic heterocycles. The third-order valence-corrected chi connectivity index (χ3v) is 9.55. The van der Waals surface area contributed by atoms with Gasteiger partial charge in [-0.25, -0.2) is 15.0 Å². The van der Waals surface area contributed by atoms with Crippen LogP contribution in [0.1, 0.15) is 60.2 Å². The van der Waals surface area contributed by atoms with Crippen molar-refractivity contribution in [2.24, 2.45) is 0 Å². The van der Waals surface area contributed by atoms with E-state index in [0.717, 1.165) is 32.4 Å². The zero-order valence-electron chi connectivity index (χ0n) is 20.4. The first-order valence-electron chi connectivity index (χ1n) is 11.7. The largest absolute Gasteiger partial charge is 0.390 e. The van der Waals surface area contributed by atoms with Gasteiger partial charge in [0.25, 0.3) is 0 Å². The molecule has 0 unspecified atom stereocenters. The minimum atomic E-state index is -3.95. The minimum Gasteiger partial charge on any atom is -0.390 e. The zero-order valence-corrected chi connectivity index (χ0v) is 22.9. The lowest BCUT2D eigenvalue weighted by Gasteiger charge is -2.22. The topological polar surface area (TPSA) is 153 Å². The number of carbonyl (C=O) groups is 1. The van der Waals surface area contributed by atoms with Crippen molar-refractivity contribution in [2.75, 3.05) is 19.0 Å². The van der Waals surface area contributed by atoms with Gasteiger partial charge in [0.2, 0.25) is 5.78 Å². The first kappa shape index (κ1) is 26.3. The third-order valence-electron chi connectivity index (χ3n) is 6.43. The number of ether oxygens (including phenoxy) is 1. The van der Waals surface area contributed by atoms with E-state index in [1.807, 2.05) is 19.9 Å². The summed E-state index contributed by atoms with van der Waals surface area (Å²) in [5.74, 6) is 0.0827. The predicted molar refractivity (Wildman–Crippen MR) is 138 cm³/mol. The van der Waals surface area contributed by atoms with Gasteiger partial charge in [0.15, 0.2) is 0 Å². The fourth-order valence-electron chi connectivity index (χ4n) is 4.66. The maximum absolute atomic E-state index is 13.6. The summed E-state index contributed by atoms with van der Waals surface area (Å²) in [6, 6.07) is 1.53. The van der Waals surface area contributed by atoms with Gasteiger partial charge in [-0.05, 0) is 32.8 Å². The number of carbonyl (C=O) groups excluding carboxylic acids is 1. The van der Waals surface area contributed by atoms with Gasteiger partial charge in [-0.15, -0.1) is 22.7 Å². The number of thiophene rings is 1. The Kier molecular flexibility index (Phi) is 7.42. The molecule has 1 fully saturated rings. The predicted octanol–water partition coefficient (Wildman–Crippen LogP) is 2.29. The van der Waals surface area contributed by atoms with Gasteiger partial charge in [0.05, 0.1) is 38.7 Å². The van der Waals surface area contributed by atoms with Crippen molar-refractivity contribution in [3.63, 3.8) is 0 Å². The maximum atomic E-state index is 13.6. The number of aliphatic hydroxyl groups excluding tert-OH is 1. The molecule has 1 aliphatic carbocycles. The van der Waals surface area contributed by atoms with Crippen LogP contribution in [0.2, 0.25) is 0 Å². The van der Waals surface area contributed by atoms with Crippen molar-refractivity contribution in [1.29, 1.82) is 0 Å². The number of aromatic nitrogens is 3. The van der Waals surface area contributed by atoms with Gasteiger partial charge >= 0.3 is 10.3 Å². The Labute approximate surface area is 222 Å². The Hall–Kier alpha value is -2.33. The van der Waals surface area contributed by atoms with E-state index in [1.165, 1.54) is 30.9 Å². The lowest BCUT2D eigenvalue weighted by molar-refractivity contribution is 0.0636. The lowest BCUT2D eigenvalue weighted by atomic mass is 10.0. The number of nitrogens with one attached hydrogen (secondary N) is 2. The molecule has 3 aromatic rings. The number of hydrogen-bond acceptors (Lipinski definition) is 12. The fraction of sp³-hybridized carbons (Fsp3) is 0.478. The normalized spacial score (nSPS) is 23.7. The second kappa shape index (κ2) is 10.4. The number of anilines is 1. The highest BCUT2D eigenvalue weighted by Crippen LogP contribution is 2.41. The number of rotatable bonds is 8. The Morgan fingerprint density at radius 1 is 1.27 bits per heavy atom. The monoisotopic (exact) mass is 565 g/mol. The molecule has 1 saturated carbocycles. The minimum absolute atomic E-state index is 0.220. The van der Waals surface area contributed by atoms with Crippen LogP contribution in [0, 0.1) is 13.8 Å². The van der Waals surface area contributed by atoms with Crippen LogP contribution in [0.4, 0.5) is 5.82 Å². The van der Waals surface area contributed by atoms with Gasteiger partial charge in [-0.1, -0.05) is 0 Å². The number of thiazole rings is 1. The molecule has 0 aromatic carbocycles. The van der Waals surface area contributed by atoms with E-state index in [0.29, 0.717) is 17.3 Å². The highest BCUT2D eigenvalue weighted by atomic mass is 32.2. The van der Waals surface area contributed by atoms with E-state index >= 15 is 0 Å². The summed E-state index contributed by atoms with van der Waals surface area (Å²) < 4.78 is 36.7. The summed E-state index contributed by atoms with van der Waals surface area (Å²) in [5.41, 5.74) is 2.30. The molecule has 0 bridgehead atoms. The average molecular weight is 566 g/mol. The first-order valence-corrected chi connectivity index (χ1v) is 14.8. The van der Waals surface area contributed by atoms with Crippen molar-refractivity contribution >= 4 is 44.6 Å². The van der Waals surface area contributed by atoms with E-state index in [9.17, 15) is 18.3 Å². The molecule has 37 heavy (non-hydrogen) atoms. The standard InChI is InChI=1S/C23H27N5O6S3/c1-11-14(21-22-16(4-5-33-21)27-12(2)36-22)8-19(35-11)20(30)15-9-25-10-26-23(15)28-13-6-17(29)18(7-13)34-37(31,32)24-3/h8-10,13,17-18,21,24,29H,4-7H2,1-3H3,(H,25,26,28)/t13-,17+,18-,21-/m1/s1. The smallest absolute Gasteiger partial charge is 0.335 e. The molecule has 14 heteroatoms. The summed E-state index contributed by atoms with van der Waals surface area (Å²) in [6.45, 7) is 4.53. The Balaban J connectivity index is 1.36. The van der Waals surface area contributed by atoms with Crippen LogP contribution in [-0.4, -0.2) is 66.2 Å². The quantitative estimate of drug-likeness (QED) is 0.347. The SMILES string of the molecule is CNS(=O)(=O)O[C@@H]1C[C@H](Nc2ncncc2C(=O)c2cc([C@H]3OCCc4nc(C)sc43)c(C)s2)C[C@@H]1O. The van der Waals surface area contributed by atoms with E-state index in [1.54, 1.807) is 11.3 Å². The maximum Gasteiger partial charge on any atom is 0.335 e. The molecule has 1 aliphatic heterocycles. The number of aliphatic hydroxyl groups is 1. The van der Waals surface area contributed by atoms with Crippen LogP contribution in [0.15, 0.2) is 18.6 Å². The summed E-state index contributed by atoms with van der Waals surface area (Å²) in [7, 11) is -2.71.